The summed E-state index contributed by atoms with van der Waals surface area (Å²) in [5, 5.41) is 2.99. The number of hydrogen-bond acceptors (Lipinski definition) is 6. The van der Waals surface area contributed by atoms with Crippen LogP contribution in [0.1, 0.15) is 24.2 Å². The second-order valence-corrected chi connectivity index (χ2v) is 7.65. The lowest BCUT2D eigenvalue weighted by molar-refractivity contribution is -0.120. The minimum absolute atomic E-state index is 0.0362. The van der Waals surface area contributed by atoms with Crippen molar-refractivity contribution in [3.8, 4) is 11.5 Å². The number of ketones is 1. The molecular weight excluding hydrogens is 382 g/mol. The zero-order chi connectivity index (χ0) is 21.1. The van der Waals surface area contributed by atoms with Gasteiger partial charge in [0, 0.05) is 49.2 Å². The van der Waals surface area contributed by atoms with E-state index in [0.29, 0.717) is 30.4 Å². The van der Waals surface area contributed by atoms with Crippen LogP contribution in [0.2, 0.25) is 0 Å². The van der Waals surface area contributed by atoms with Crippen molar-refractivity contribution in [1.82, 2.24) is 4.90 Å². The summed E-state index contributed by atoms with van der Waals surface area (Å²) in [6.07, 6.45) is 0. The summed E-state index contributed by atoms with van der Waals surface area (Å²) in [7, 11) is 0. The molecule has 2 aromatic rings. The first-order chi connectivity index (χ1) is 14.5. The van der Waals surface area contributed by atoms with Crippen LogP contribution in [0.15, 0.2) is 42.5 Å². The summed E-state index contributed by atoms with van der Waals surface area (Å²) in [4.78, 5) is 28.7. The number of nitrogens with one attached hydrogen (secondary N) is 1. The predicted octanol–water partition coefficient (Wildman–Crippen LogP) is 2.81. The number of anilines is 2. The third-order valence-electron chi connectivity index (χ3n) is 5.69. The van der Waals surface area contributed by atoms with Gasteiger partial charge in [-0.2, -0.15) is 0 Å². The smallest absolute Gasteiger partial charge is 0.241 e. The summed E-state index contributed by atoms with van der Waals surface area (Å²) in [6.45, 7) is 7.83. The van der Waals surface area contributed by atoms with E-state index in [2.05, 4.69) is 15.1 Å². The molecule has 2 aliphatic rings. The van der Waals surface area contributed by atoms with Crippen LogP contribution in [0, 0.1) is 0 Å². The van der Waals surface area contributed by atoms with Crippen LogP contribution in [-0.4, -0.2) is 62.0 Å². The normalized spacial score (nSPS) is 17.3. The SMILES string of the molecule is CC(=O)c1ccc(N2CCN(C(C)C(=O)Nc3ccc4c(c3)OCCO4)CC2)cc1. The van der Waals surface area contributed by atoms with Crippen molar-refractivity contribution in [2.24, 2.45) is 0 Å². The number of nitrogens with zero attached hydrogens (tertiary/aromatic N) is 2. The largest absolute Gasteiger partial charge is 0.486 e. The van der Waals surface area contributed by atoms with Gasteiger partial charge in [0.15, 0.2) is 17.3 Å². The van der Waals surface area contributed by atoms with E-state index < -0.39 is 0 Å². The highest BCUT2D eigenvalue weighted by molar-refractivity contribution is 5.95. The van der Waals surface area contributed by atoms with Crippen molar-refractivity contribution >= 4 is 23.1 Å². The maximum Gasteiger partial charge on any atom is 0.241 e. The molecule has 0 spiro atoms. The molecular formula is C23H27N3O4. The van der Waals surface area contributed by atoms with Crippen molar-refractivity contribution in [3.63, 3.8) is 0 Å². The Morgan fingerprint density at radius 3 is 2.27 bits per heavy atom. The summed E-state index contributed by atoms with van der Waals surface area (Å²) in [6, 6.07) is 12.9. The third kappa shape index (κ3) is 4.41. The van der Waals surface area contributed by atoms with E-state index in [1.807, 2.05) is 49.4 Å². The maximum absolute atomic E-state index is 12.8. The number of carbonyl (C=O) groups is 2. The van der Waals surface area contributed by atoms with E-state index >= 15 is 0 Å². The number of ether oxygens (including phenoxy) is 2. The van der Waals surface area contributed by atoms with Gasteiger partial charge < -0.3 is 19.7 Å². The lowest BCUT2D eigenvalue weighted by Gasteiger charge is -2.38. The van der Waals surface area contributed by atoms with Crippen LogP contribution in [0.4, 0.5) is 11.4 Å². The molecule has 2 aliphatic heterocycles. The van der Waals surface area contributed by atoms with Gasteiger partial charge in [-0.15, -0.1) is 0 Å². The average molecular weight is 409 g/mol. The number of piperazine rings is 1. The second-order valence-electron chi connectivity index (χ2n) is 7.65. The minimum Gasteiger partial charge on any atom is -0.486 e. The van der Waals surface area contributed by atoms with Gasteiger partial charge in [-0.3, -0.25) is 14.5 Å². The maximum atomic E-state index is 12.8. The fourth-order valence-corrected chi connectivity index (χ4v) is 3.81. The molecule has 7 heteroatoms. The minimum atomic E-state index is -0.236. The zero-order valence-corrected chi connectivity index (χ0v) is 17.4. The van der Waals surface area contributed by atoms with Gasteiger partial charge in [-0.25, -0.2) is 0 Å². The third-order valence-corrected chi connectivity index (χ3v) is 5.69. The molecule has 1 unspecified atom stereocenters. The molecule has 1 saturated heterocycles. The molecule has 0 saturated carbocycles. The Balaban J connectivity index is 1.32. The van der Waals surface area contributed by atoms with Crippen LogP contribution >= 0.6 is 0 Å². The molecule has 1 amide bonds. The van der Waals surface area contributed by atoms with Crippen LogP contribution < -0.4 is 19.7 Å². The van der Waals surface area contributed by atoms with Crippen molar-refractivity contribution < 1.29 is 19.1 Å². The molecule has 2 aromatic carbocycles. The van der Waals surface area contributed by atoms with Gasteiger partial charge in [0.05, 0.1) is 6.04 Å². The van der Waals surface area contributed by atoms with Crippen LogP contribution in [0.3, 0.4) is 0 Å². The molecule has 4 rings (SSSR count). The van der Waals surface area contributed by atoms with E-state index in [9.17, 15) is 9.59 Å². The predicted molar refractivity (Wildman–Crippen MR) is 116 cm³/mol. The molecule has 1 fully saturated rings. The Labute approximate surface area is 176 Å². The van der Waals surface area contributed by atoms with E-state index in [4.69, 9.17) is 9.47 Å². The lowest BCUT2D eigenvalue weighted by Crippen LogP contribution is -2.52. The van der Waals surface area contributed by atoms with E-state index in [1.54, 1.807) is 6.92 Å². The first-order valence-electron chi connectivity index (χ1n) is 10.3. The number of fused-ring (bicyclic) bond motifs is 1. The van der Waals surface area contributed by atoms with Gasteiger partial charge in [0.2, 0.25) is 5.91 Å². The highest BCUT2D eigenvalue weighted by Crippen LogP contribution is 2.32. The number of rotatable bonds is 5. The first kappa shape index (κ1) is 20.2. The van der Waals surface area contributed by atoms with Crippen molar-refractivity contribution in [2.75, 3.05) is 49.6 Å². The standard InChI is InChI=1S/C23H27N3O4/c1-16(23(28)24-19-5-8-21-22(15-19)30-14-13-29-21)25-9-11-26(12-10-25)20-6-3-18(4-7-20)17(2)27/h3-8,15-16H,9-14H2,1-2H3,(H,24,28). The lowest BCUT2D eigenvalue weighted by atomic mass is 10.1. The Bertz CT molecular complexity index is 921. The summed E-state index contributed by atoms with van der Waals surface area (Å²) in [5.74, 6) is 1.41. The molecule has 1 N–H and O–H groups in total. The Kier molecular flexibility index (Phi) is 5.90. The molecule has 0 aliphatic carbocycles. The Morgan fingerprint density at radius 1 is 0.933 bits per heavy atom. The molecule has 0 bridgehead atoms. The van der Waals surface area contributed by atoms with Crippen LogP contribution in [0.25, 0.3) is 0 Å². The van der Waals surface area contributed by atoms with Crippen LogP contribution in [0.5, 0.6) is 11.5 Å². The van der Waals surface area contributed by atoms with Gasteiger partial charge in [-0.1, -0.05) is 0 Å². The number of Topliss-reactive ketones (excluding diaryl/α,β-unsaturated/α-hetero) is 1. The van der Waals surface area contributed by atoms with Crippen LogP contribution in [-0.2, 0) is 4.79 Å². The highest BCUT2D eigenvalue weighted by atomic mass is 16.6. The summed E-state index contributed by atoms with van der Waals surface area (Å²) >= 11 is 0. The Morgan fingerprint density at radius 2 is 1.60 bits per heavy atom. The van der Waals surface area contributed by atoms with E-state index in [-0.39, 0.29) is 17.7 Å². The van der Waals surface area contributed by atoms with E-state index in [1.165, 1.54) is 0 Å². The molecule has 1 atom stereocenters. The second kappa shape index (κ2) is 8.75. The number of amides is 1. The average Bonchev–Trinajstić information content (AvgIpc) is 2.78. The molecule has 158 valence electrons. The van der Waals surface area contributed by atoms with Gasteiger partial charge in [0.25, 0.3) is 0 Å². The topological polar surface area (TPSA) is 71.1 Å². The Hall–Kier alpha value is -3.06. The van der Waals surface area contributed by atoms with Gasteiger partial charge >= 0.3 is 0 Å². The quantitative estimate of drug-likeness (QED) is 0.766. The molecule has 2 heterocycles. The summed E-state index contributed by atoms with van der Waals surface area (Å²) < 4.78 is 11.1. The fraction of sp³-hybridized carbons (Fsp3) is 0.391. The highest BCUT2D eigenvalue weighted by Gasteiger charge is 2.26. The number of carbonyl (C=O) groups excluding carboxylic acids is 2. The molecule has 30 heavy (non-hydrogen) atoms. The van der Waals surface area contributed by atoms with Crippen molar-refractivity contribution in [1.29, 1.82) is 0 Å². The molecule has 0 radical (unpaired) electrons. The van der Waals surface area contributed by atoms with E-state index in [0.717, 1.165) is 37.4 Å². The number of benzene rings is 2. The molecule has 0 aromatic heterocycles. The zero-order valence-electron chi connectivity index (χ0n) is 17.4. The monoisotopic (exact) mass is 409 g/mol. The fourth-order valence-electron chi connectivity index (χ4n) is 3.81. The summed E-state index contributed by atoms with van der Waals surface area (Å²) in [5.41, 5.74) is 2.54. The van der Waals surface area contributed by atoms with Crippen molar-refractivity contribution in [2.45, 2.75) is 19.9 Å². The first-order valence-corrected chi connectivity index (χ1v) is 10.3. The molecule has 7 nitrogen and oxygen atoms in total. The van der Waals surface area contributed by atoms with Crippen molar-refractivity contribution in [3.05, 3.63) is 48.0 Å². The van der Waals surface area contributed by atoms with Gasteiger partial charge in [-0.05, 0) is 50.2 Å². The van der Waals surface area contributed by atoms with Gasteiger partial charge in [0.1, 0.15) is 13.2 Å². The number of hydrogen-bond donors (Lipinski definition) is 1.